The summed E-state index contributed by atoms with van der Waals surface area (Å²) in [7, 11) is -0.776. The lowest BCUT2D eigenvalue weighted by Crippen LogP contribution is -2.39. The van der Waals surface area contributed by atoms with Crippen LogP contribution in [0.1, 0.15) is 5.56 Å². The maximum atomic E-state index is 12.3. The first-order valence-corrected chi connectivity index (χ1v) is 9.14. The Balaban J connectivity index is 1.88. The second kappa shape index (κ2) is 8.59. The maximum Gasteiger partial charge on any atom is 0.244 e. The number of carbonyl (C=O) groups excluding carboxylic acids is 1. The highest BCUT2D eigenvalue weighted by Crippen LogP contribution is 2.17. The van der Waals surface area contributed by atoms with Crippen LogP contribution in [0.2, 0.25) is 0 Å². The van der Waals surface area contributed by atoms with Gasteiger partial charge in [0.1, 0.15) is 10.6 Å². The molecule has 25 heavy (non-hydrogen) atoms. The number of para-hydroxylation sites is 1. The van der Waals surface area contributed by atoms with Gasteiger partial charge in [-0.2, -0.15) is 4.31 Å². The van der Waals surface area contributed by atoms with Crippen molar-refractivity contribution in [3.63, 3.8) is 0 Å². The van der Waals surface area contributed by atoms with Gasteiger partial charge in [-0.15, -0.1) is 0 Å². The molecule has 8 heteroatoms. The summed E-state index contributed by atoms with van der Waals surface area (Å²) in [5.74, 6) is 0.387. The van der Waals surface area contributed by atoms with Gasteiger partial charge in [0.2, 0.25) is 15.9 Å². The summed E-state index contributed by atoms with van der Waals surface area (Å²) in [5.41, 5.74) is 0.974. The molecule has 1 N–H and O–H groups in total. The summed E-state index contributed by atoms with van der Waals surface area (Å²) >= 11 is 0. The number of aromatic nitrogens is 1. The molecule has 0 fully saturated rings. The first-order valence-electron chi connectivity index (χ1n) is 7.70. The molecule has 0 saturated heterocycles. The van der Waals surface area contributed by atoms with Crippen LogP contribution in [-0.4, -0.2) is 50.9 Å². The van der Waals surface area contributed by atoms with Crippen LogP contribution in [-0.2, 0) is 21.2 Å². The molecule has 2 rings (SSSR count). The highest BCUT2D eigenvalue weighted by molar-refractivity contribution is 7.89. The molecule has 0 aliphatic heterocycles. The Morgan fingerprint density at radius 3 is 2.68 bits per heavy atom. The molecule has 1 heterocycles. The standard InChI is InChI=1S/C17H21N3O4S/c1-20(25(22,23)15-7-5-10-18-12-15)13-17(21)19-11-9-14-6-3-4-8-16(14)24-2/h3-8,10,12H,9,11,13H2,1-2H3,(H,19,21). The van der Waals surface area contributed by atoms with Crippen molar-refractivity contribution in [1.82, 2.24) is 14.6 Å². The second-order valence-corrected chi connectivity index (χ2v) is 7.41. The van der Waals surface area contributed by atoms with Crippen molar-refractivity contribution in [2.24, 2.45) is 0 Å². The van der Waals surface area contributed by atoms with Gasteiger partial charge in [-0.3, -0.25) is 9.78 Å². The summed E-state index contributed by atoms with van der Waals surface area (Å²) in [5, 5.41) is 2.72. The van der Waals surface area contributed by atoms with E-state index in [1.165, 1.54) is 31.6 Å². The molecule has 0 bridgehead atoms. The van der Waals surface area contributed by atoms with Gasteiger partial charge < -0.3 is 10.1 Å². The van der Waals surface area contributed by atoms with E-state index in [4.69, 9.17) is 4.74 Å². The van der Waals surface area contributed by atoms with E-state index < -0.39 is 10.0 Å². The molecule has 0 atom stereocenters. The Kier molecular flexibility index (Phi) is 6.49. The lowest BCUT2D eigenvalue weighted by molar-refractivity contribution is -0.121. The van der Waals surface area contributed by atoms with E-state index in [2.05, 4.69) is 10.3 Å². The minimum atomic E-state index is -3.73. The summed E-state index contributed by atoms with van der Waals surface area (Å²) in [6.07, 6.45) is 3.34. The maximum absolute atomic E-state index is 12.3. The lowest BCUT2D eigenvalue weighted by Gasteiger charge is -2.16. The van der Waals surface area contributed by atoms with Crippen LogP contribution in [0.4, 0.5) is 0 Å². The Hall–Kier alpha value is -2.45. The van der Waals surface area contributed by atoms with Crippen molar-refractivity contribution in [1.29, 1.82) is 0 Å². The monoisotopic (exact) mass is 363 g/mol. The predicted molar refractivity (Wildman–Crippen MR) is 93.8 cm³/mol. The molecule has 0 aliphatic rings. The summed E-state index contributed by atoms with van der Waals surface area (Å²) in [4.78, 5) is 15.9. The van der Waals surface area contributed by atoms with E-state index in [0.29, 0.717) is 13.0 Å². The van der Waals surface area contributed by atoms with E-state index in [1.807, 2.05) is 24.3 Å². The molecule has 0 radical (unpaired) electrons. The number of hydrogen-bond acceptors (Lipinski definition) is 5. The largest absolute Gasteiger partial charge is 0.496 e. The number of pyridine rings is 1. The highest BCUT2D eigenvalue weighted by Gasteiger charge is 2.22. The number of nitrogens with one attached hydrogen (secondary N) is 1. The third-order valence-corrected chi connectivity index (χ3v) is 5.40. The second-order valence-electron chi connectivity index (χ2n) is 5.36. The van der Waals surface area contributed by atoms with Gasteiger partial charge >= 0.3 is 0 Å². The predicted octanol–water partition coefficient (Wildman–Crippen LogP) is 1.07. The molecular weight excluding hydrogens is 342 g/mol. The van der Waals surface area contributed by atoms with Gasteiger partial charge in [0.15, 0.2) is 0 Å². The number of carbonyl (C=O) groups is 1. The Bertz CT molecular complexity index is 810. The zero-order valence-corrected chi connectivity index (χ0v) is 15.0. The topological polar surface area (TPSA) is 88.6 Å². The Labute approximate surface area is 147 Å². The number of rotatable bonds is 8. The van der Waals surface area contributed by atoms with Crippen molar-refractivity contribution < 1.29 is 17.9 Å². The van der Waals surface area contributed by atoms with E-state index in [1.54, 1.807) is 7.11 Å². The van der Waals surface area contributed by atoms with Crippen LogP contribution in [0.5, 0.6) is 5.75 Å². The fourth-order valence-corrected chi connectivity index (χ4v) is 3.36. The number of likely N-dealkylation sites (N-methyl/N-ethyl adjacent to an activating group) is 1. The molecule has 0 unspecified atom stereocenters. The molecular formula is C17H21N3O4S. The molecule has 1 aromatic heterocycles. The van der Waals surface area contributed by atoms with Crippen molar-refractivity contribution in [3.05, 3.63) is 54.4 Å². The number of benzene rings is 1. The minimum absolute atomic E-state index is 0.0549. The number of ether oxygens (including phenoxy) is 1. The fraction of sp³-hybridized carbons (Fsp3) is 0.294. The van der Waals surface area contributed by atoms with Gasteiger partial charge in [0, 0.05) is 26.0 Å². The first-order chi connectivity index (χ1) is 11.9. The zero-order chi connectivity index (χ0) is 18.3. The number of hydrogen-bond donors (Lipinski definition) is 1. The number of methoxy groups -OCH3 is 1. The van der Waals surface area contributed by atoms with Gasteiger partial charge in [-0.25, -0.2) is 8.42 Å². The summed E-state index contributed by atoms with van der Waals surface area (Å²) in [6.45, 7) is 0.128. The van der Waals surface area contributed by atoms with Crippen LogP contribution < -0.4 is 10.1 Å². The average molecular weight is 363 g/mol. The van der Waals surface area contributed by atoms with Crippen molar-refractivity contribution >= 4 is 15.9 Å². The third kappa shape index (κ3) is 5.01. The quantitative estimate of drug-likeness (QED) is 0.758. The molecule has 7 nitrogen and oxygen atoms in total. The van der Waals surface area contributed by atoms with Crippen LogP contribution in [0.15, 0.2) is 53.7 Å². The lowest BCUT2D eigenvalue weighted by atomic mass is 10.1. The molecule has 0 aliphatic carbocycles. The van der Waals surface area contributed by atoms with E-state index in [-0.39, 0.29) is 17.3 Å². The fourth-order valence-electron chi connectivity index (χ4n) is 2.27. The normalized spacial score (nSPS) is 11.3. The van der Waals surface area contributed by atoms with E-state index >= 15 is 0 Å². The molecule has 2 aromatic rings. The molecule has 1 aromatic carbocycles. The Morgan fingerprint density at radius 2 is 2.00 bits per heavy atom. The minimum Gasteiger partial charge on any atom is -0.496 e. The van der Waals surface area contributed by atoms with Gasteiger partial charge in [-0.05, 0) is 30.2 Å². The van der Waals surface area contributed by atoms with Crippen LogP contribution >= 0.6 is 0 Å². The highest BCUT2D eigenvalue weighted by atomic mass is 32.2. The van der Waals surface area contributed by atoms with Crippen LogP contribution in [0.3, 0.4) is 0 Å². The van der Waals surface area contributed by atoms with E-state index in [0.717, 1.165) is 15.6 Å². The smallest absolute Gasteiger partial charge is 0.244 e. The molecule has 134 valence electrons. The number of sulfonamides is 1. The summed E-state index contributed by atoms with van der Waals surface area (Å²) in [6, 6.07) is 10.5. The van der Waals surface area contributed by atoms with E-state index in [9.17, 15) is 13.2 Å². The van der Waals surface area contributed by atoms with Gasteiger partial charge in [-0.1, -0.05) is 18.2 Å². The Morgan fingerprint density at radius 1 is 1.24 bits per heavy atom. The van der Waals surface area contributed by atoms with Crippen LogP contribution in [0, 0.1) is 0 Å². The summed E-state index contributed by atoms with van der Waals surface area (Å²) < 4.78 is 30.9. The zero-order valence-electron chi connectivity index (χ0n) is 14.2. The van der Waals surface area contributed by atoms with Gasteiger partial charge in [0.25, 0.3) is 0 Å². The number of amides is 1. The first kappa shape index (κ1) is 18.9. The van der Waals surface area contributed by atoms with Crippen molar-refractivity contribution in [2.45, 2.75) is 11.3 Å². The third-order valence-electron chi connectivity index (χ3n) is 3.62. The van der Waals surface area contributed by atoms with Crippen molar-refractivity contribution in [2.75, 3.05) is 27.2 Å². The molecule has 0 spiro atoms. The number of nitrogens with zero attached hydrogens (tertiary/aromatic N) is 2. The van der Waals surface area contributed by atoms with Crippen molar-refractivity contribution in [3.8, 4) is 5.75 Å². The average Bonchev–Trinajstić information content (AvgIpc) is 2.62. The van der Waals surface area contributed by atoms with Crippen LogP contribution in [0.25, 0.3) is 0 Å². The molecule has 1 amide bonds. The molecule has 0 saturated carbocycles. The SMILES string of the molecule is COc1ccccc1CCNC(=O)CN(C)S(=O)(=O)c1cccnc1. The van der Waals surface area contributed by atoms with Gasteiger partial charge in [0.05, 0.1) is 13.7 Å².